The first-order valence-electron chi connectivity index (χ1n) is 7.74. The number of hydrogen-bond donors (Lipinski definition) is 1. The summed E-state index contributed by atoms with van der Waals surface area (Å²) in [6, 6.07) is 5.41. The number of thioether (sulfide) groups is 1. The van der Waals surface area contributed by atoms with Crippen molar-refractivity contribution in [1.29, 1.82) is 0 Å². The molecule has 1 heterocycles. The first-order chi connectivity index (χ1) is 12.4. The Kier molecular flexibility index (Phi) is 7.04. The maximum atomic E-state index is 12.2. The van der Waals surface area contributed by atoms with Crippen LogP contribution in [0.4, 0.5) is 10.8 Å². The number of nitro benzene ring substituents is 1. The van der Waals surface area contributed by atoms with E-state index < -0.39 is 10.8 Å². The number of amides is 2. The predicted molar refractivity (Wildman–Crippen MR) is 99.6 cm³/mol. The summed E-state index contributed by atoms with van der Waals surface area (Å²) in [5, 5.41) is 21.4. The van der Waals surface area contributed by atoms with Crippen LogP contribution in [0.3, 0.4) is 0 Å². The fraction of sp³-hybridized carbons (Fsp3) is 0.333. The normalized spacial score (nSPS) is 10.4. The summed E-state index contributed by atoms with van der Waals surface area (Å²) >= 11 is 2.39. The third-order valence-corrected chi connectivity index (χ3v) is 5.34. The van der Waals surface area contributed by atoms with E-state index in [1.54, 1.807) is 4.90 Å². The van der Waals surface area contributed by atoms with Crippen LogP contribution < -0.4 is 5.32 Å². The largest absolute Gasteiger partial charge is 0.343 e. The molecule has 0 aliphatic rings. The van der Waals surface area contributed by atoms with Gasteiger partial charge in [-0.3, -0.25) is 25.0 Å². The first-order valence-corrected chi connectivity index (χ1v) is 9.54. The van der Waals surface area contributed by atoms with Gasteiger partial charge in [-0.2, -0.15) is 0 Å². The molecule has 26 heavy (non-hydrogen) atoms. The van der Waals surface area contributed by atoms with Crippen LogP contribution in [0.2, 0.25) is 0 Å². The second-order valence-corrected chi connectivity index (χ2v) is 7.19. The highest BCUT2D eigenvalue weighted by molar-refractivity contribution is 8.01. The third-order valence-electron chi connectivity index (χ3n) is 3.38. The Labute approximate surface area is 158 Å². The van der Waals surface area contributed by atoms with E-state index in [9.17, 15) is 19.7 Å². The molecule has 9 nitrogen and oxygen atoms in total. The number of aromatic nitrogens is 2. The van der Waals surface area contributed by atoms with Crippen LogP contribution in [-0.4, -0.2) is 50.7 Å². The number of benzene rings is 1. The molecule has 0 fully saturated rings. The highest BCUT2D eigenvalue weighted by Crippen LogP contribution is 2.26. The standard InChI is InChI=1S/C15H17N5O4S2/c1-3-19(4-2)12(21)9-25-15-18-17-14(26-15)16-13(22)10-6-5-7-11(8-10)20(23)24/h5-8H,3-4,9H2,1-2H3,(H,16,17,22). The average Bonchev–Trinajstić information content (AvgIpc) is 3.08. The van der Waals surface area contributed by atoms with Crippen molar-refractivity contribution in [3.63, 3.8) is 0 Å². The minimum Gasteiger partial charge on any atom is -0.343 e. The lowest BCUT2D eigenvalue weighted by molar-refractivity contribution is -0.384. The van der Waals surface area contributed by atoms with Gasteiger partial charge in [0.05, 0.1) is 10.7 Å². The molecule has 138 valence electrons. The van der Waals surface area contributed by atoms with Crippen LogP contribution >= 0.6 is 23.1 Å². The molecule has 0 saturated carbocycles. The van der Waals surface area contributed by atoms with Crippen molar-refractivity contribution in [3.8, 4) is 0 Å². The lowest BCUT2D eigenvalue weighted by Gasteiger charge is -2.17. The van der Waals surface area contributed by atoms with Gasteiger partial charge in [-0.1, -0.05) is 29.2 Å². The van der Waals surface area contributed by atoms with E-state index in [4.69, 9.17) is 0 Å². The number of nitro groups is 1. The summed E-state index contributed by atoms with van der Waals surface area (Å²) in [6.45, 7) is 5.13. The number of hydrogen-bond acceptors (Lipinski definition) is 8. The number of non-ortho nitro benzene ring substituents is 1. The molecule has 1 N–H and O–H groups in total. The lowest BCUT2D eigenvalue weighted by atomic mass is 10.2. The second kappa shape index (κ2) is 9.25. The molecule has 0 atom stereocenters. The van der Waals surface area contributed by atoms with E-state index in [0.717, 1.165) is 11.3 Å². The number of carbonyl (C=O) groups is 2. The van der Waals surface area contributed by atoms with Crippen LogP contribution in [0.25, 0.3) is 0 Å². The van der Waals surface area contributed by atoms with E-state index in [-0.39, 0.29) is 28.0 Å². The number of rotatable bonds is 8. The molecule has 11 heteroatoms. The fourth-order valence-electron chi connectivity index (χ4n) is 2.04. The minimum atomic E-state index is -0.566. The second-order valence-electron chi connectivity index (χ2n) is 4.99. The molecule has 0 bridgehead atoms. The van der Waals surface area contributed by atoms with E-state index in [2.05, 4.69) is 15.5 Å². The Hall–Kier alpha value is -2.53. The Morgan fingerprint density at radius 2 is 2.04 bits per heavy atom. The van der Waals surface area contributed by atoms with Crippen molar-refractivity contribution in [2.75, 3.05) is 24.2 Å². The molecule has 2 rings (SSSR count). The fourth-order valence-corrected chi connectivity index (χ4v) is 3.69. The minimum absolute atomic E-state index is 0.0115. The van der Waals surface area contributed by atoms with Crippen molar-refractivity contribution in [2.24, 2.45) is 0 Å². The number of nitrogens with zero attached hydrogens (tertiary/aromatic N) is 4. The maximum Gasteiger partial charge on any atom is 0.270 e. The number of nitrogens with one attached hydrogen (secondary N) is 1. The molecule has 0 radical (unpaired) electrons. The summed E-state index contributed by atoms with van der Waals surface area (Å²) < 4.78 is 0.555. The zero-order chi connectivity index (χ0) is 19.1. The molecular formula is C15H17N5O4S2. The third kappa shape index (κ3) is 5.23. The summed E-state index contributed by atoms with van der Waals surface area (Å²) in [5.74, 6) is -0.257. The summed E-state index contributed by atoms with van der Waals surface area (Å²) in [7, 11) is 0. The Bertz CT molecular complexity index is 807. The van der Waals surface area contributed by atoms with Gasteiger partial charge in [-0.05, 0) is 19.9 Å². The van der Waals surface area contributed by atoms with Crippen LogP contribution in [0.1, 0.15) is 24.2 Å². The van der Waals surface area contributed by atoms with Crippen LogP contribution in [0, 0.1) is 10.1 Å². The van der Waals surface area contributed by atoms with E-state index in [1.165, 1.54) is 36.0 Å². The molecule has 0 aliphatic carbocycles. The molecule has 0 saturated heterocycles. The van der Waals surface area contributed by atoms with Gasteiger partial charge < -0.3 is 4.90 Å². The molecule has 0 spiro atoms. The van der Waals surface area contributed by atoms with Crippen LogP contribution in [0.15, 0.2) is 28.6 Å². The highest BCUT2D eigenvalue weighted by Gasteiger charge is 2.15. The lowest BCUT2D eigenvalue weighted by Crippen LogP contribution is -2.31. The molecule has 0 unspecified atom stereocenters. The maximum absolute atomic E-state index is 12.2. The first kappa shape index (κ1) is 19.8. The highest BCUT2D eigenvalue weighted by atomic mass is 32.2. The summed E-state index contributed by atoms with van der Waals surface area (Å²) in [4.78, 5) is 36.1. The zero-order valence-electron chi connectivity index (χ0n) is 14.2. The van der Waals surface area contributed by atoms with Gasteiger partial charge in [-0.15, -0.1) is 10.2 Å². The zero-order valence-corrected chi connectivity index (χ0v) is 15.8. The van der Waals surface area contributed by atoms with Gasteiger partial charge in [0.2, 0.25) is 11.0 Å². The van der Waals surface area contributed by atoms with Crippen molar-refractivity contribution in [2.45, 2.75) is 18.2 Å². The predicted octanol–water partition coefficient (Wildman–Crippen LogP) is 2.66. The molecule has 2 amide bonds. The molecule has 1 aromatic heterocycles. The average molecular weight is 395 g/mol. The topological polar surface area (TPSA) is 118 Å². The van der Waals surface area contributed by atoms with E-state index >= 15 is 0 Å². The van der Waals surface area contributed by atoms with Crippen molar-refractivity contribution in [3.05, 3.63) is 39.9 Å². The molecule has 1 aromatic carbocycles. The quantitative estimate of drug-likeness (QED) is 0.316. The Morgan fingerprint density at radius 3 is 2.69 bits per heavy atom. The van der Waals surface area contributed by atoms with Gasteiger partial charge in [0.1, 0.15) is 0 Å². The van der Waals surface area contributed by atoms with Gasteiger partial charge >= 0.3 is 0 Å². The Morgan fingerprint density at radius 1 is 1.31 bits per heavy atom. The SMILES string of the molecule is CCN(CC)C(=O)CSc1nnc(NC(=O)c2cccc([N+](=O)[O-])c2)s1. The van der Waals surface area contributed by atoms with Crippen molar-refractivity contribution >= 4 is 45.7 Å². The van der Waals surface area contributed by atoms with Gasteiger partial charge in [0.15, 0.2) is 4.34 Å². The van der Waals surface area contributed by atoms with Gasteiger partial charge in [-0.25, -0.2) is 0 Å². The Balaban J connectivity index is 1.95. The molecular weight excluding hydrogens is 378 g/mol. The van der Waals surface area contributed by atoms with Gasteiger partial charge in [0, 0.05) is 30.8 Å². The van der Waals surface area contributed by atoms with Crippen LogP contribution in [-0.2, 0) is 4.79 Å². The van der Waals surface area contributed by atoms with E-state index in [0.29, 0.717) is 17.4 Å². The van der Waals surface area contributed by atoms with Crippen molar-refractivity contribution in [1.82, 2.24) is 15.1 Å². The van der Waals surface area contributed by atoms with Crippen molar-refractivity contribution < 1.29 is 14.5 Å². The van der Waals surface area contributed by atoms with Gasteiger partial charge in [0.25, 0.3) is 11.6 Å². The van der Waals surface area contributed by atoms with Crippen LogP contribution in [0.5, 0.6) is 0 Å². The molecule has 2 aromatic rings. The molecule has 0 aliphatic heterocycles. The number of carbonyl (C=O) groups excluding carboxylic acids is 2. The van der Waals surface area contributed by atoms with E-state index in [1.807, 2.05) is 13.8 Å². The summed E-state index contributed by atoms with van der Waals surface area (Å²) in [5.41, 5.74) is -0.0126. The number of anilines is 1. The monoisotopic (exact) mass is 395 g/mol. The smallest absolute Gasteiger partial charge is 0.270 e. The summed E-state index contributed by atoms with van der Waals surface area (Å²) in [6.07, 6.45) is 0.